The second-order valence-corrected chi connectivity index (χ2v) is 7.94. The van der Waals surface area contributed by atoms with E-state index in [1.54, 1.807) is 4.68 Å². The third-order valence-electron chi connectivity index (χ3n) is 4.58. The van der Waals surface area contributed by atoms with E-state index < -0.39 is 0 Å². The van der Waals surface area contributed by atoms with E-state index in [4.69, 9.17) is 0 Å². The smallest absolute Gasteiger partial charge is 0.233 e. The van der Waals surface area contributed by atoms with Gasteiger partial charge in [-0.05, 0) is 52.8 Å². The molecule has 0 bridgehead atoms. The van der Waals surface area contributed by atoms with Gasteiger partial charge in [0, 0.05) is 13.1 Å². The van der Waals surface area contributed by atoms with Crippen molar-refractivity contribution in [2.45, 2.75) is 44.7 Å². The number of carbonyl (C=O) groups excluding carboxylic acids is 1. The normalized spacial score (nSPS) is 17.9. The predicted octanol–water partition coefficient (Wildman–Crippen LogP) is 3.14. The van der Waals surface area contributed by atoms with Crippen LogP contribution in [0.2, 0.25) is 0 Å². The number of nitrogens with zero attached hydrogens (tertiary/aromatic N) is 5. The Labute approximate surface area is 153 Å². The zero-order chi connectivity index (χ0) is 17.8. The van der Waals surface area contributed by atoms with Crippen molar-refractivity contribution < 1.29 is 4.79 Å². The lowest BCUT2D eigenvalue weighted by atomic mass is 10.0. The summed E-state index contributed by atoms with van der Waals surface area (Å²) in [6.45, 7) is 8.26. The minimum Gasteiger partial charge on any atom is -0.342 e. The molecule has 1 saturated heterocycles. The summed E-state index contributed by atoms with van der Waals surface area (Å²) in [6.07, 6.45) is 2.30. The Bertz CT molecular complexity index is 713. The number of rotatable bonds is 5. The number of amides is 1. The minimum atomic E-state index is 0.168. The monoisotopic (exact) mass is 359 g/mol. The Kier molecular flexibility index (Phi) is 5.73. The van der Waals surface area contributed by atoms with E-state index in [-0.39, 0.29) is 5.91 Å². The predicted molar refractivity (Wildman–Crippen MR) is 98.9 cm³/mol. The van der Waals surface area contributed by atoms with Crippen molar-refractivity contribution in [1.29, 1.82) is 0 Å². The molecule has 1 aliphatic rings. The summed E-state index contributed by atoms with van der Waals surface area (Å²) in [6, 6.07) is 8.22. The van der Waals surface area contributed by atoms with Gasteiger partial charge in [0.05, 0.1) is 11.4 Å². The molecule has 1 amide bonds. The maximum atomic E-state index is 12.4. The van der Waals surface area contributed by atoms with Crippen LogP contribution in [0.25, 0.3) is 5.69 Å². The molecular formula is C18H25N5OS. The molecular weight excluding hydrogens is 334 g/mol. The van der Waals surface area contributed by atoms with E-state index in [1.807, 2.05) is 17.0 Å². The van der Waals surface area contributed by atoms with Gasteiger partial charge in [0.25, 0.3) is 0 Å². The topological polar surface area (TPSA) is 63.9 Å². The van der Waals surface area contributed by atoms with Gasteiger partial charge >= 0.3 is 0 Å². The summed E-state index contributed by atoms with van der Waals surface area (Å²) in [4.78, 5) is 14.4. The number of aromatic nitrogens is 4. The summed E-state index contributed by atoms with van der Waals surface area (Å²) in [5.41, 5.74) is 2.19. The number of tetrazole rings is 1. The first-order valence-corrected chi connectivity index (χ1v) is 9.82. The van der Waals surface area contributed by atoms with Gasteiger partial charge in [0.2, 0.25) is 11.1 Å². The van der Waals surface area contributed by atoms with E-state index in [2.05, 4.69) is 48.4 Å². The summed E-state index contributed by atoms with van der Waals surface area (Å²) in [5.74, 6) is 1.62. The molecule has 0 N–H and O–H groups in total. The molecule has 1 aromatic carbocycles. The molecule has 1 aliphatic heterocycles. The fourth-order valence-corrected chi connectivity index (χ4v) is 3.86. The van der Waals surface area contributed by atoms with Crippen molar-refractivity contribution in [2.75, 3.05) is 18.8 Å². The molecule has 1 atom stereocenters. The first kappa shape index (κ1) is 17.9. The van der Waals surface area contributed by atoms with Crippen molar-refractivity contribution in [2.24, 2.45) is 5.92 Å². The van der Waals surface area contributed by atoms with Crippen LogP contribution >= 0.6 is 11.8 Å². The Hall–Kier alpha value is -1.89. The Morgan fingerprint density at radius 1 is 1.32 bits per heavy atom. The molecule has 0 unspecified atom stereocenters. The highest BCUT2D eigenvalue weighted by Crippen LogP contribution is 2.22. The quantitative estimate of drug-likeness (QED) is 0.768. The maximum absolute atomic E-state index is 12.4. The molecule has 2 aromatic rings. The van der Waals surface area contributed by atoms with Crippen molar-refractivity contribution >= 4 is 17.7 Å². The molecule has 2 heterocycles. The van der Waals surface area contributed by atoms with Crippen molar-refractivity contribution in [3.8, 4) is 5.69 Å². The number of thioether (sulfide) groups is 1. The van der Waals surface area contributed by atoms with Crippen molar-refractivity contribution in [1.82, 2.24) is 25.1 Å². The van der Waals surface area contributed by atoms with Gasteiger partial charge in [-0.1, -0.05) is 44.7 Å². The average molecular weight is 359 g/mol. The largest absolute Gasteiger partial charge is 0.342 e. The van der Waals surface area contributed by atoms with Gasteiger partial charge in [-0.2, -0.15) is 4.68 Å². The van der Waals surface area contributed by atoms with Gasteiger partial charge in [0.1, 0.15) is 0 Å². The molecule has 134 valence electrons. The van der Waals surface area contributed by atoms with Crippen LogP contribution < -0.4 is 0 Å². The second-order valence-electron chi connectivity index (χ2n) is 7.00. The third-order valence-corrected chi connectivity index (χ3v) is 5.48. The van der Waals surface area contributed by atoms with Gasteiger partial charge in [-0.3, -0.25) is 4.79 Å². The molecule has 7 heteroatoms. The molecule has 0 saturated carbocycles. The van der Waals surface area contributed by atoms with Crippen LogP contribution in [0.3, 0.4) is 0 Å². The summed E-state index contributed by atoms with van der Waals surface area (Å²) < 4.78 is 1.70. The summed E-state index contributed by atoms with van der Waals surface area (Å²) in [5, 5.41) is 12.6. The maximum Gasteiger partial charge on any atom is 0.233 e. The van der Waals surface area contributed by atoms with Gasteiger partial charge in [-0.15, -0.1) is 5.10 Å². The van der Waals surface area contributed by atoms with Gasteiger partial charge in [0.15, 0.2) is 0 Å². The highest BCUT2D eigenvalue weighted by Gasteiger charge is 2.21. The Morgan fingerprint density at radius 3 is 2.76 bits per heavy atom. The fourth-order valence-electron chi connectivity index (χ4n) is 3.06. The molecule has 6 nitrogen and oxygen atoms in total. The number of carbonyl (C=O) groups is 1. The van der Waals surface area contributed by atoms with Gasteiger partial charge in [-0.25, -0.2) is 0 Å². The molecule has 1 fully saturated rings. The van der Waals surface area contributed by atoms with Gasteiger partial charge < -0.3 is 4.90 Å². The number of hydrogen-bond donors (Lipinski definition) is 0. The van der Waals surface area contributed by atoms with Crippen LogP contribution in [0.4, 0.5) is 0 Å². The molecule has 0 aliphatic carbocycles. The lowest BCUT2D eigenvalue weighted by molar-refractivity contribution is -0.130. The lowest BCUT2D eigenvalue weighted by Gasteiger charge is -2.30. The van der Waals surface area contributed by atoms with Crippen LogP contribution in [0.15, 0.2) is 29.4 Å². The molecule has 25 heavy (non-hydrogen) atoms. The summed E-state index contributed by atoms with van der Waals surface area (Å²) in [7, 11) is 0. The van der Waals surface area contributed by atoms with Crippen LogP contribution in [0, 0.1) is 5.92 Å². The molecule has 0 spiro atoms. The van der Waals surface area contributed by atoms with Crippen LogP contribution in [0.1, 0.15) is 45.1 Å². The first-order chi connectivity index (χ1) is 12.0. The summed E-state index contributed by atoms with van der Waals surface area (Å²) >= 11 is 1.40. The van der Waals surface area contributed by atoms with Crippen molar-refractivity contribution in [3.63, 3.8) is 0 Å². The van der Waals surface area contributed by atoms with E-state index >= 15 is 0 Å². The average Bonchev–Trinajstić information content (AvgIpc) is 3.08. The first-order valence-electron chi connectivity index (χ1n) is 8.84. The third kappa shape index (κ3) is 4.39. The Morgan fingerprint density at radius 2 is 2.08 bits per heavy atom. The number of hydrogen-bond acceptors (Lipinski definition) is 5. The molecule has 1 aromatic heterocycles. The number of piperidine rings is 1. The lowest BCUT2D eigenvalue weighted by Crippen LogP contribution is -2.40. The van der Waals surface area contributed by atoms with E-state index in [0.29, 0.717) is 22.7 Å². The van der Waals surface area contributed by atoms with Crippen molar-refractivity contribution in [3.05, 3.63) is 29.8 Å². The van der Waals surface area contributed by atoms with E-state index in [1.165, 1.54) is 23.7 Å². The second kappa shape index (κ2) is 7.99. The number of benzene rings is 1. The zero-order valence-corrected chi connectivity index (χ0v) is 15.9. The minimum absolute atomic E-state index is 0.168. The highest BCUT2D eigenvalue weighted by molar-refractivity contribution is 7.99. The zero-order valence-electron chi connectivity index (χ0n) is 15.1. The highest BCUT2D eigenvalue weighted by atomic mass is 32.2. The number of likely N-dealkylation sites (tertiary alicyclic amines) is 1. The molecule has 0 radical (unpaired) electrons. The SMILES string of the molecule is CC(C)c1ccc(-n2nnnc2SCC(=O)N2CCC[C@@H](C)C2)cc1. The van der Waals surface area contributed by atoms with Crippen LogP contribution in [-0.2, 0) is 4.79 Å². The van der Waals surface area contributed by atoms with Crippen LogP contribution in [0.5, 0.6) is 0 Å². The molecule has 3 rings (SSSR count). The standard InChI is InChI=1S/C18H25N5OS/c1-13(2)15-6-8-16(9-7-15)23-18(19-20-21-23)25-12-17(24)22-10-4-5-14(3)11-22/h6-9,13-14H,4-5,10-12H2,1-3H3/t14-/m1/s1. The fraction of sp³-hybridized carbons (Fsp3) is 0.556. The Balaban J connectivity index is 1.64. The van der Waals surface area contributed by atoms with Crippen LogP contribution in [-0.4, -0.2) is 49.9 Å². The van der Waals surface area contributed by atoms with E-state index in [0.717, 1.165) is 25.2 Å². The van der Waals surface area contributed by atoms with E-state index in [9.17, 15) is 4.79 Å².